The molecule has 5 unspecified atom stereocenters. The van der Waals surface area contributed by atoms with Crippen LogP contribution in [0.25, 0.3) is 0 Å². The van der Waals surface area contributed by atoms with Crippen LogP contribution >= 0.6 is 0 Å². The van der Waals surface area contributed by atoms with E-state index in [2.05, 4.69) is 5.32 Å². The number of hydrogen-bond acceptors (Lipinski definition) is 5. The Labute approximate surface area is 64.1 Å². The lowest BCUT2D eigenvalue weighted by atomic mass is 10.0. The van der Waals surface area contributed by atoms with E-state index in [1.54, 1.807) is 0 Å². The second kappa shape index (κ2) is 2.40. The molecule has 2 rings (SSSR count). The summed E-state index contributed by atoms with van der Waals surface area (Å²) in [5.41, 5.74) is 5.31. The van der Waals surface area contributed by atoms with Gasteiger partial charge in [-0.3, -0.25) is 5.32 Å². The first kappa shape index (κ1) is 7.45. The summed E-state index contributed by atoms with van der Waals surface area (Å²) in [4.78, 5) is 0. The SMILES string of the molecule is NCC1OC2NC2C(O)C1O. The van der Waals surface area contributed by atoms with E-state index >= 15 is 0 Å². The average molecular weight is 160 g/mol. The zero-order valence-corrected chi connectivity index (χ0v) is 5.97. The van der Waals surface area contributed by atoms with Crippen molar-refractivity contribution in [3.05, 3.63) is 0 Å². The maximum atomic E-state index is 9.34. The predicted octanol–water partition coefficient (Wildman–Crippen LogP) is -2.64. The number of nitrogens with one attached hydrogen (secondary N) is 1. The molecule has 2 heterocycles. The van der Waals surface area contributed by atoms with Crippen LogP contribution in [0.2, 0.25) is 0 Å². The Balaban J connectivity index is 2.03. The molecule has 0 aromatic rings. The van der Waals surface area contributed by atoms with Crippen LogP contribution in [0.1, 0.15) is 0 Å². The second-order valence-corrected chi connectivity index (χ2v) is 3.00. The summed E-state index contributed by atoms with van der Waals surface area (Å²) in [6, 6.07) is -0.0900. The third kappa shape index (κ3) is 1.05. The Bertz CT molecular complexity index is 166. The number of rotatable bonds is 1. The van der Waals surface area contributed by atoms with Crippen molar-refractivity contribution in [1.82, 2.24) is 5.32 Å². The number of fused-ring (bicyclic) bond motifs is 1. The van der Waals surface area contributed by atoms with E-state index in [0.717, 1.165) is 0 Å². The van der Waals surface area contributed by atoms with Crippen LogP contribution in [0.15, 0.2) is 0 Å². The Morgan fingerprint density at radius 1 is 1.36 bits per heavy atom. The molecule has 0 bridgehead atoms. The van der Waals surface area contributed by atoms with E-state index < -0.39 is 18.3 Å². The largest absolute Gasteiger partial charge is 0.389 e. The Hall–Kier alpha value is -0.200. The van der Waals surface area contributed by atoms with E-state index in [1.807, 2.05) is 0 Å². The maximum Gasteiger partial charge on any atom is 0.127 e. The fourth-order valence-electron chi connectivity index (χ4n) is 1.43. The summed E-state index contributed by atoms with van der Waals surface area (Å²) < 4.78 is 5.25. The van der Waals surface area contributed by atoms with Gasteiger partial charge in [-0.05, 0) is 0 Å². The van der Waals surface area contributed by atoms with Gasteiger partial charge in [0.25, 0.3) is 0 Å². The molecular weight excluding hydrogens is 148 g/mol. The van der Waals surface area contributed by atoms with Gasteiger partial charge in [0.2, 0.25) is 0 Å². The van der Waals surface area contributed by atoms with Gasteiger partial charge in [0, 0.05) is 6.54 Å². The molecule has 5 nitrogen and oxygen atoms in total. The molecule has 2 aliphatic heterocycles. The molecule has 11 heavy (non-hydrogen) atoms. The highest BCUT2D eigenvalue weighted by molar-refractivity contribution is 5.05. The summed E-state index contributed by atoms with van der Waals surface area (Å²) in [7, 11) is 0. The van der Waals surface area contributed by atoms with Gasteiger partial charge in [-0.15, -0.1) is 0 Å². The first-order valence-corrected chi connectivity index (χ1v) is 3.71. The first-order valence-electron chi connectivity index (χ1n) is 3.71. The highest BCUT2D eigenvalue weighted by atomic mass is 16.5. The lowest BCUT2D eigenvalue weighted by Crippen LogP contribution is -2.50. The molecule has 64 valence electrons. The van der Waals surface area contributed by atoms with Crippen LogP contribution in [0, 0.1) is 0 Å². The molecule has 2 aliphatic rings. The molecule has 0 spiro atoms. The van der Waals surface area contributed by atoms with E-state index in [4.69, 9.17) is 10.5 Å². The summed E-state index contributed by atoms with van der Waals surface area (Å²) in [6.07, 6.45) is -2.11. The predicted molar refractivity (Wildman–Crippen MR) is 36.7 cm³/mol. The van der Waals surface area contributed by atoms with Gasteiger partial charge in [0.1, 0.15) is 24.5 Å². The first-order chi connectivity index (χ1) is 5.24. The highest BCUT2D eigenvalue weighted by Gasteiger charge is 2.53. The minimum atomic E-state index is -0.851. The van der Waals surface area contributed by atoms with Gasteiger partial charge in [-0.2, -0.15) is 0 Å². The van der Waals surface area contributed by atoms with E-state index in [-0.39, 0.29) is 18.8 Å². The van der Waals surface area contributed by atoms with Gasteiger partial charge in [0.05, 0.1) is 6.04 Å². The number of hydrogen-bond donors (Lipinski definition) is 4. The van der Waals surface area contributed by atoms with Crippen molar-refractivity contribution < 1.29 is 14.9 Å². The quantitative estimate of drug-likeness (QED) is 0.314. The third-order valence-corrected chi connectivity index (χ3v) is 2.23. The fourth-order valence-corrected chi connectivity index (χ4v) is 1.43. The van der Waals surface area contributed by atoms with Crippen molar-refractivity contribution in [1.29, 1.82) is 0 Å². The topological polar surface area (TPSA) is 97.7 Å². The number of ether oxygens (including phenoxy) is 1. The van der Waals surface area contributed by atoms with Crippen LogP contribution in [0.3, 0.4) is 0 Å². The molecule has 0 aromatic heterocycles. The van der Waals surface area contributed by atoms with Crippen LogP contribution in [0.5, 0.6) is 0 Å². The minimum absolute atomic E-state index is 0.0900. The van der Waals surface area contributed by atoms with Crippen LogP contribution in [0.4, 0.5) is 0 Å². The summed E-state index contributed by atoms with van der Waals surface area (Å²) in [5.74, 6) is 0. The van der Waals surface area contributed by atoms with Crippen LogP contribution in [-0.4, -0.2) is 47.3 Å². The lowest BCUT2D eigenvalue weighted by Gasteiger charge is -2.29. The lowest BCUT2D eigenvalue weighted by molar-refractivity contribution is -0.123. The molecule has 0 amide bonds. The maximum absolute atomic E-state index is 9.34. The second-order valence-electron chi connectivity index (χ2n) is 3.00. The zero-order valence-electron chi connectivity index (χ0n) is 5.97. The minimum Gasteiger partial charge on any atom is -0.389 e. The molecule has 0 saturated carbocycles. The monoisotopic (exact) mass is 160 g/mol. The highest BCUT2D eigenvalue weighted by Crippen LogP contribution is 2.27. The van der Waals surface area contributed by atoms with Crippen molar-refractivity contribution in [3.8, 4) is 0 Å². The van der Waals surface area contributed by atoms with Crippen molar-refractivity contribution in [2.75, 3.05) is 6.54 Å². The van der Waals surface area contributed by atoms with Crippen molar-refractivity contribution >= 4 is 0 Å². The van der Waals surface area contributed by atoms with E-state index in [0.29, 0.717) is 0 Å². The number of aliphatic hydroxyl groups excluding tert-OH is 2. The van der Waals surface area contributed by atoms with Crippen LogP contribution in [-0.2, 0) is 4.74 Å². The van der Waals surface area contributed by atoms with Gasteiger partial charge < -0.3 is 20.7 Å². The van der Waals surface area contributed by atoms with Crippen molar-refractivity contribution in [3.63, 3.8) is 0 Å². The fraction of sp³-hybridized carbons (Fsp3) is 1.00. The van der Waals surface area contributed by atoms with E-state index in [9.17, 15) is 10.2 Å². The van der Waals surface area contributed by atoms with E-state index in [1.165, 1.54) is 0 Å². The number of aliphatic hydroxyl groups is 2. The van der Waals surface area contributed by atoms with Gasteiger partial charge in [0.15, 0.2) is 0 Å². The molecule has 0 aromatic carbocycles. The molecule has 2 fully saturated rings. The number of nitrogens with two attached hydrogens (primary N) is 1. The molecule has 0 aliphatic carbocycles. The van der Waals surface area contributed by atoms with Gasteiger partial charge in [-0.1, -0.05) is 0 Å². The van der Waals surface area contributed by atoms with Gasteiger partial charge >= 0.3 is 0 Å². The van der Waals surface area contributed by atoms with Crippen LogP contribution < -0.4 is 11.1 Å². The molecule has 2 saturated heterocycles. The summed E-state index contributed by atoms with van der Waals surface area (Å²) in [5, 5.41) is 21.6. The zero-order chi connectivity index (χ0) is 8.01. The molecule has 0 radical (unpaired) electrons. The smallest absolute Gasteiger partial charge is 0.127 e. The normalized spacial score (nSPS) is 55.4. The molecule has 5 N–H and O–H groups in total. The average Bonchev–Trinajstić information content (AvgIpc) is 2.75. The Kier molecular flexibility index (Phi) is 1.62. The molecule has 5 heteroatoms. The van der Waals surface area contributed by atoms with Crippen molar-refractivity contribution in [2.45, 2.75) is 30.6 Å². The summed E-state index contributed by atoms with van der Waals surface area (Å²) >= 11 is 0. The molecule has 5 atom stereocenters. The Morgan fingerprint density at radius 3 is 2.73 bits per heavy atom. The van der Waals surface area contributed by atoms with Crippen molar-refractivity contribution in [2.24, 2.45) is 5.73 Å². The summed E-state index contributed by atoms with van der Waals surface area (Å²) in [6.45, 7) is 0.239. The van der Waals surface area contributed by atoms with Gasteiger partial charge in [-0.25, -0.2) is 0 Å². The third-order valence-electron chi connectivity index (χ3n) is 2.23. The Morgan fingerprint density at radius 2 is 2.09 bits per heavy atom. The standard InChI is InChI=1S/C6H12N2O3/c7-1-2-4(9)5(10)3-6(8-3)11-2/h2-6,8-10H,1,7H2. The molecular formula is C6H12N2O3.